The van der Waals surface area contributed by atoms with E-state index < -0.39 is 10.8 Å². The lowest BCUT2D eigenvalue weighted by atomic mass is 10.0. The van der Waals surface area contributed by atoms with Crippen molar-refractivity contribution in [3.63, 3.8) is 0 Å². The van der Waals surface area contributed by atoms with Crippen LogP contribution in [0.3, 0.4) is 0 Å². The maximum absolute atomic E-state index is 13.1. The summed E-state index contributed by atoms with van der Waals surface area (Å²) in [6, 6.07) is 17.5. The second-order valence-electron chi connectivity index (χ2n) is 7.59. The van der Waals surface area contributed by atoms with E-state index in [1.165, 1.54) is 12.1 Å². The SMILES string of the molecule is CCCCOc1ccc2ccccc2c1C=C1SC(=O)N(Cc2ccc([N+](=O)[O-])cc2)C1=O. The molecular weight excluding hydrogens is 440 g/mol. The van der Waals surface area contributed by atoms with Crippen molar-refractivity contribution in [2.24, 2.45) is 0 Å². The predicted octanol–water partition coefficient (Wildman–Crippen LogP) is 6.16. The van der Waals surface area contributed by atoms with Crippen LogP contribution in [0.25, 0.3) is 16.8 Å². The number of fused-ring (bicyclic) bond motifs is 1. The lowest BCUT2D eigenvalue weighted by molar-refractivity contribution is -0.384. The average molecular weight is 463 g/mol. The van der Waals surface area contributed by atoms with Crippen molar-refractivity contribution in [3.05, 3.63) is 86.8 Å². The van der Waals surface area contributed by atoms with Crippen molar-refractivity contribution in [2.75, 3.05) is 6.61 Å². The summed E-state index contributed by atoms with van der Waals surface area (Å²) in [5.74, 6) is 0.278. The molecule has 0 bridgehead atoms. The number of nitro groups is 1. The Morgan fingerprint density at radius 2 is 1.82 bits per heavy atom. The van der Waals surface area contributed by atoms with E-state index in [1.807, 2.05) is 36.4 Å². The summed E-state index contributed by atoms with van der Waals surface area (Å²) in [5.41, 5.74) is 1.36. The van der Waals surface area contributed by atoms with Crippen molar-refractivity contribution in [1.29, 1.82) is 0 Å². The molecule has 1 fully saturated rings. The van der Waals surface area contributed by atoms with Crippen LogP contribution in [0.5, 0.6) is 5.75 Å². The van der Waals surface area contributed by atoms with Crippen LogP contribution in [0.2, 0.25) is 0 Å². The molecule has 0 saturated carbocycles. The van der Waals surface area contributed by atoms with Crippen molar-refractivity contribution in [1.82, 2.24) is 4.90 Å². The van der Waals surface area contributed by atoms with E-state index >= 15 is 0 Å². The first kappa shape index (κ1) is 22.5. The fraction of sp³-hybridized carbons (Fsp3) is 0.200. The number of hydrogen-bond donors (Lipinski definition) is 0. The van der Waals surface area contributed by atoms with Crippen LogP contribution in [0, 0.1) is 10.1 Å². The first-order valence-corrected chi connectivity index (χ1v) is 11.4. The molecule has 0 N–H and O–H groups in total. The largest absolute Gasteiger partial charge is 0.493 e. The Labute approximate surface area is 195 Å². The van der Waals surface area contributed by atoms with Gasteiger partial charge in [0, 0.05) is 17.7 Å². The molecule has 1 aliphatic heterocycles. The molecule has 0 unspecified atom stereocenters. The molecule has 3 aromatic rings. The molecule has 1 aliphatic rings. The number of rotatable bonds is 8. The minimum atomic E-state index is -0.489. The summed E-state index contributed by atoms with van der Waals surface area (Å²) in [4.78, 5) is 37.5. The molecule has 1 heterocycles. The van der Waals surface area contributed by atoms with Crippen molar-refractivity contribution in [2.45, 2.75) is 26.3 Å². The molecule has 33 heavy (non-hydrogen) atoms. The number of imide groups is 1. The smallest absolute Gasteiger partial charge is 0.293 e. The minimum absolute atomic E-state index is 0.0423. The first-order valence-electron chi connectivity index (χ1n) is 10.6. The van der Waals surface area contributed by atoms with Crippen LogP contribution in [0.15, 0.2) is 65.6 Å². The Hall–Kier alpha value is -3.65. The van der Waals surface area contributed by atoms with E-state index in [0.29, 0.717) is 22.8 Å². The summed E-state index contributed by atoms with van der Waals surface area (Å²) in [6.07, 6.45) is 3.65. The highest BCUT2D eigenvalue weighted by atomic mass is 32.2. The summed E-state index contributed by atoms with van der Waals surface area (Å²) in [6.45, 7) is 2.71. The summed E-state index contributed by atoms with van der Waals surface area (Å²) in [7, 11) is 0. The molecule has 0 aromatic heterocycles. The van der Waals surface area contributed by atoms with Gasteiger partial charge >= 0.3 is 0 Å². The average Bonchev–Trinajstić information content (AvgIpc) is 3.08. The third kappa shape index (κ3) is 4.90. The second-order valence-corrected chi connectivity index (χ2v) is 8.59. The van der Waals surface area contributed by atoms with Gasteiger partial charge < -0.3 is 4.74 Å². The molecule has 0 atom stereocenters. The summed E-state index contributed by atoms with van der Waals surface area (Å²) in [5, 5.41) is 12.4. The van der Waals surface area contributed by atoms with Gasteiger partial charge in [0.05, 0.1) is 23.0 Å². The van der Waals surface area contributed by atoms with E-state index in [0.717, 1.165) is 45.8 Å². The zero-order chi connectivity index (χ0) is 23.4. The number of nitrogens with zero attached hydrogens (tertiary/aromatic N) is 2. The molecule has 1 saturated heterocycles. The van der Waals surface area contributed by atoms with E-state index in [9.17, 15) is 19.7 Å². The first-order chi connectivity index (χ1) is 16.0. The number of nitro benzene ring substituents is 1. The van der Waals surface area contributed by atoms with Gasteiger partial charge in [-0.15, -0.1) is 0 Å². The second kappa shape index (κ2) is 9.87. The van der Waals surface area contributed by atoms with Crippen LogP contribution >= 0.6 is 11.8 Å². The van der Waals surface area contributed by atoms with Crippen LogP contribution in [-0.2, 0) is 11.3 Å². The van der Waals surface area contributed by atoms with Crippen LogP contribution in [0.4, 0.5) is 10.5 Å². The quantitative estimate of drug-likeness (QED) is 0.172. The summed E-state index contributed by atoms with van der Waals surface area (Å²) >= 11 is 0.884. The Morgan fingerprint density at radius 3 is 2.55 bits per heavy atom. The fourth-order valence-corrected chi connectivity index (χ4v) is 4.37. The van der Waals surface area contributed by atoms with Crippen molar-refractivity contribution < 1.29 is 19.2 Å². The van der Waals surface area contributed by atoms with Gasteiger partial charge in [0.25, 0.3) is 16.8 Å². The molecule has 8 heteroatoms. The number of unbranched alkanes of at least 4 members (excludes halogenated alkanes) is 1. The van der Waals surface area contributed by atoms with Gasteiger partial charge in [0.15, 0.2) is 0 Å². The molecule has 7 nitrogen and oxygen atoms in total. The van der Waals surface area contributed by atoms with Gasteiger partial charge in [-0.3, -0.25) is 24.6 Å². The number of hydrogen-bond acceptors (Lipinski definition) is 6. The maximum atomic E-state index is 13.1. The summed E-state index contributed by atoms with van der Waals surface area (Å²) < 4.78 is 5.99. The van der Waals surface area contributed by atoms with Gasteiger partial charge in [-0.2, -0.15) is 0 Å². The number of ether oxygens (including phenoxy) is 1. The molecule has 0 aliphatic carbocycles. The van der Waals surface area contributed by atoms with Crippen LogP contribution in [0.1, 0.15) is 30.9 Å². The fourth-order valence-electron chi connectivity index (χ4n) is 3.55. The van der Waals surface area contributed by atoms with Crippen LogP contribution in [-0.4, -0.2) is 27.6 Å². The number of benzene rings is 3. The van der Waals surface area contributed by atoms with Gasteiger partial charge in [-0.1, -0.05) is 55.8 Å². The number of carbonyl (C=O) groups excluding carboxylic acids is 2. The van der Waals surface area contributed by atoms with E-state index in [2.05, 4.69) is 6.92 Å². The topological polar surface area (TPSA) is 89.8 Å². The molecule has 0 radical (unpaired) electrons. The standard InChI is InChI=1S/C25H22N2O5S/c1-2-3-14-32-22-13-10-18-6-4-5-7-20(18)21(22)15-23-24(28)26(25(29)33-23)16-17-8-11-19(12-9-17)27(30)31/h4-13,15H,2-3,14,16H2,1H3. The molecule has 168 valence electrons. The Bertz CT molecular complexity index is 1250. The van der Waals surface area contributed by atoms with Crippen LogP contribution < -0.4 is 4.74 Å². The monoisotopic (exact) mass is 462 g/mol. The van der Waals surface area contributed by atoms with Gasteiger partial charge in [0.2, 0.25) is 0 Å². The van der Waals surface area contributed by atoms with E-state index in [-0.39, 0.29) is 17.5 Å². The Kier molecular flexibility index (Phi) is 6.74. The third-order valence-corrected chi connectivity index (χ3v) is 6.23. The third-order valence-electron chi connectivity index (χ3n) is 5.32. The highest BCUT2D eigenvalue weighted by molar-refractivity contribution is 8.18. The number of thioether (sulfide) groups is 1. The molecule has 4 rings (SSSR count). The van der Waals surface area contributed by atoms with E-state index in [1.54, 1.807) is 18.2 Å². The zero-order valence-corrected chi connectivity index (χ0v) is 18.8. The Balaban J connectivity index is 1.64. The highest BCUT2D eigenvalue weighted by Gasteiger charge is 2.35. The number of carbonyl (C=O) groups is 2. The molecular formula is C25H22N2O5S. The molecule has 2 amide bonds. The Morgan fingerprint density at radius 1 is 1.06 bits per heavy atom. The van der Waals surface area contributed by atoms with Crippen molar-refractivity contribution >= 4 is 45.4 Å². The van der Waals surface area contributed by atoms with Crippen molar-refractivity contribution in [3.8, 4) is 5.75 Å². The molecule has 0 spiro atoms. The number of amides is 2. The van der Waals surface area contributed by atoms with Gasteiger partial charge in [-0.25, -0.2) is 0 Å². The lowest BCUT2D eigenvalue weighted by Gasteiger charge is -2.13. The van der Waals surface area contributed by atoms with Gasteiger partial charge in [0.1, 0.15) is 5.75 Å². The van der Waals surface area contributed by atoms with E-state index in [4.69, 9.17) is 4.74 Å². The number of non-ortho nitro benzene ring substituents is 1. The maximum Gasteiger partial charge on any atom is 0.293 e. The lowest BCUT2D eigenvalue weighted by Crippen LogP contribution is -2.27. The van der Waals surface area contributed by atoms with Gasteiger partial charge in [-0.05, 0) is 46.7 Å². The molecule has 3 aromatic carbocycles. The normalized spacial score (nSPS) is 14.9. The minimum Gasteiger partial charge on any atom is -0.493 e. The highest BCUT2D eigenvalue weighted by Crippen LogP contribution is 2.37. The zero-order valence-electron chi connectivity index (χ0n) is 18.0. The predicted molar refractivity (Wildman–Crippen MR) is 129 cm³/mol.